The molecule has 1 atom stereocenters. The van der Waals surface area contributed by atoms with Crippen LogP contribution < -0.4 is 11.0 Å². The monoisotopic (exact) mass is 366 g/mol. The van der Waals surface area contributed by atoms with Crippen LogP contribution in [-0.4, -0.2) is 36.6 Å². The highest BCUT2D eigenvalue weighted by Gasteiger charge is 2.27. The Labute approximate surface area is 150 Å². The van der Waals surface area contributed by atoms with Crippen molar-refractivity contribution in [1.29, 1.82) is 0 Å². The molecule has 1 amide bonds. The van der Waals surface area contributed by atoms with E-state index in [0.29, 0.717) is 31.1 Å². The summed E-state index contributed by atoms with van der Waals surface area (Å²) in [5, 5.41) is 12.2. The van der Waals surface area contributed by atoms with E-state index in [1.54, 1.807) is 11.6 Å². The van der Waals surface area contributed by atoms with Crippen LogP contribution in [0.25, 0.3) is 0 Å². The number of hydrogen-bond acceptors (Lipinski definition) is 4. The van der Waals surface area contributed by atoms with E-state index in [4.69, 9.17) is 11.6 Å². The van der Waals surface area contributed by atoms with E-state index >= 15 is 0 Å². The number of nitrogens with one attached hydrogen (secondary N) is 1. The lowest BCUT2D eigenvalue weighted by atomic mass is 9.98. The Hall–Kier alpha value is -2.09. The van der Waals surface area contributed by atoms with E-state index in [-0.39, 0.29) is 17.5 Å². The Morgan fingerprint density at radius 1 is 1.36 bits per heavy atom. The maximum atomic E-state index is 12.4. The fourth-order valence-corrected chi connectivity index (χ4v) is 3.37. The van der Waals surface area contributed by atoms with Gasteiger partial charge in [-0.15, -0.1) is 0 Å². The van der Waals surface area contributed by atoms with Crippen LogP contribution in [0.15, 0.2) is 4.79 Å². The SMILES string of the molecule is Cc1nn(CCCNC(=O)[C@@H]2CCc3nn(C)c(=O)n3C2)c(C)c1Cl. The fourth-order valence-electron chi connectivity index (χ4n) is 3.23. The second-order valence-electron chi connectivity index (χ2n) is 6.52. The third-order valence-corrected chi connectivity index (χ3v) is 5.26. The Morgan fingerprint density at radius 3 is 2.80 bits per heavy atom. The topological polar surface area (TPSA) is 86.7 Å². The molecule has 0 bridgehead atoms. The van der Waals surface area contributed by atoms with Gasteiger partial charge in [-0.05, 0) is 26.7 Å². The molecule has 0 radical (unpaired) electrons. The molecule has 0 saturated carbocycles. The van der Waals surface area contributed by atoms with Crippen molar-refractivity contribution in [1.82, 2.24) is 29.4 Å². The minimum absolute atomic E-state index is 0.00666. The Morgan fingerprint density at radius 2 is 2.12 bits per heavy atom. The summed E-state index contributed by atoms with van der Waals surface area (Å²) >= 11 is 6.13. The van der Waals surface area contributed by atoms with E-state index in [2.05, 4.69) is 15.5 Å². The normalized spacial score (nSPS) is 16.7. The summed E-state index contributed by atoms with van der Waals surface area (Å²) in [6, 6.07) is 0. The number of aromatic nitrogens is 5. The largest absolute Gasteiger partial charge is 0.356 e. The standard InChI is InChI=1S/C16H23ClN6O2/c1-10-14(17)11(2)23(19-10)8-4-7-18-15(24)12-5-6-13-20-21(3)16(25)22(13)9-12/h12H,4-9H2,1-3H3,(H,18,24)/t12-/m1/s1. The van der Waals surface area contributed by atoms with E-state index < -0.39 is 0 Å². The third kappa shape index (κ3) is 3.49. The number of carbonyl (C=O) groups is 1. The fraction of sp³-hybridized carbons (Fsp3) is 0.625. The molecule has 2 aromatic heterocycles. The molecule has 0 fully saturated rings. The van der Waals surface area contributed by atoms with Crippen LogP contribution in [0.1, 0.15) is 30.1 Å². The molecule has 1 aliphatic rings. The molecule has 0 spiro atoms. The molecule has 0 aliphatic carbocycles. The first-order valence-electron chi connectivity index (χ1n) is 8.48. The van der Waals surface area contributed by atoms with Gasteiger partial charge in [-0.2, -0.15) is 10.2 Å². The van der Waals surface area contributed by atoms with E-state index in [0.717, 1.165) is 30.1 Å². The van der Waals surface area contributed by atoms with Crippen molar-refractivity contribution in [2.24, 2.45) is 13.0 Å². The molecule has 0 saturated heterocycles. The van der Waals surface area contributed by atoms with Crippen LogP contribution in [-0.2, 0) is 31.4 Å². The zero-order chi connectivity index (χ0) is 18.1. The number of halogens is 1. The van der Waals surface area contributed by atoms with Gasteiger partial charge in [0.2, 0.25) is 5.91 Å². The molecule has 3 rings (SSSR count). The smallest absolute Gasteiger partial charge is 0.345 e. The molecule has 136 valence electrons. The average molecular weight is 367 g/mol. The summed E-state index contributed by atoms with van der Waals surface area (Å²) < 4.78 is 4.80. The molecule has 25 heavy (non-hydrogen) atoms. The van der Waals surface area contributed by atoms with Crippen LogP contribution in [0.4, 0.5) is 0 Å². The lowest BCUT2D eigenvalue weighted by Gasteiger charge is -2.21. The molecule has 1 aliphatic heterocycles. The first-order chi connectivity index (χ1) is 11.9. The van der Waals surface area contributed by atoms with Crippen molar-refractivity contribution >= 4 is 17.5 Å². The van der Waals surface area contributed by atoms with Crippen molar-refractivity contribution < 1.29 is 4.79 Å². The molecule has 3 heterocycles. The molecule has 8 nitrogen and oxygen atoms in total. The molecular formula is C16H23ClN6O2. The minimum Gasteiger partial charge on any atom is -0.356 e. The van der Waals surface area contributed by atoms with Gasteiger partial charge in [0, 0.05) is 33.1 Å². The zero-order valence-electron chi connectivity index (χ0n) is 14.8. The van der Waals surface area contributed by atoms with E-state index in [9.17, 15) is 9.59 Å². The third-order valence-electron chi connectivity index (χ3n) is 4.71. The minimum atomic E-state index is -0.183. The summed E-state index contributed by atoms with van der Waals surface area (Å²) in [6.07, 6.45) is 2.14. The van der Waals surface area contributed by atoms with Crippen molar-refractivity contribution in [3.8, 4) is 0 Å². The van der Waals surface area contributed by atoms with Crippen molar-refractivity contribution in [2.75, 3.05) is 6.54 Å². The molecular weight excluding hydrogens is 344 g/mol. The second-order valence-corrected chi connectivity index (χ2v) is 6.90. The van der Waals surface area contributed by atoms with E-state index in [1.807, 2.05) is 18.5 Å². The first-order valence-corrected chi connectivity index (χ1v) is 8.86. The van der Waals surface area contributed by atoms with Gasteiger partial charge in [-0.1, -0.05) is 11.6 Å². The molecule has 2 aromatic rings. The Balaban J connectivity index is 1.49. The maximum absolute atomic E-state index is 12.4. The van der Waals surface area contributed by atoms with E-state index in [1.165, 1.54) is 4.68 Å². The number of rotatable bonds is 5. The van der Waals surface area contributed by atoms with Crippen molar-refractivity contribution in [2.45, 2.75) is 46.2 Å². The Bertz CT molecular complexity index is 850. The lowest BCUT2D eigenvalue weighted by molar-refractivity contribution is -0.125. The van der Waals surface area contributed by atoms with Gasteiger partial charge < -0.3 is 5.32 Å². The van der Waals surface area contributed by atoms with Gasteiger partial charge in [0.1, 0.15) is 5.82 Å². The van der Waals surface area contributed by atoms with Gasteiger partial charge >= 0.3 is 5.69 Å². The Kier molecular flexibility index (Phi) is 4.99. The average Bonchev–Trinajstić information content (AvgIpc) is 3.02. The highest BCUT2D eigenvalue weighted by molar-refractivity contribution is 6.31. The highest BCUT2D eigenvalue weighted by atomic mass is 35.5. The van der Waals surface area contributed by atoms with Gasteiger partial charge in [0.25, 0.3) is 0 Å². The quantitative estimate of drug-likeness (QED) is 0.793. The summed E-state index contributed by atoms with van der Waals surface area (Å²) in [4.78, 5) is 24.3. The van der Waals surface area contributed by atoms with Crippen molar-refractivity contribution in [3.63, 3.8) is 0 Å². The van der Waals surface area contributed by atoms with Crippen LogP contribution in [0.5, 0.6) is 0 Å². The summed E-state index contributed by atoms with van der Waals surface area (Å²) in [5.41, 5.74) is 1.61. The van der Waals surface area contributed by atoms with Crippen LogP contribution >= 0.6 is 11.6 Å². The van der Waals surface area contributed by atoms with Gasteiger partial charge in [-0.25, -0.2) is 9.48 Å². The molecule has 9 heteroatoms. The predicted molar refractivity (Wildman–Crippen MR) is 93.6 cm³/mol. The van der Waals surface area contributed by atoms with Crippen molar-refractivity contribution in [3.05, 3.63) is 32.7 Å². The second kappa shape index (κ2) is 7.03. The molecule has 0 unspecified atom stereocenters. The number of aryl methyl sites for hydroxylation is 4. The number of fused-ring (bicyclic) bond motifs is 1. The highest BCUT2D eigenvalue weighted by Crippen LogP contribution is 2.19. The number of hydrogen-bond donors (Lipinski definition) is 1. The first kappa shape index (κ1) is 17.7. The number of carbonyl (C=O) groups excluding carboxylic acids is 1. The zero-order valence-corrected chi connectivity index (χ0v) is 15.5. The molecule has 0 aromatic carbocycles. The molecule has 1 N–H and O–H groups in total. The van der Waals surface area contributed by atoms with Gasteiger partial charge in [-0.3, -0.25) is 14.0 Å². The lowest BCUT2D eigenvalue weighted by Crippen LogP contribution is -2.39. The summed E-state index contributed by atoms with van der Waals surface area (Å²) in [5.74, 6) is 0.572. The maximum Gasteiger partial charge on any atom is 0.345 e. The van der Waals surface area contributed by atoms with Gasteiger partial charge in [0.15, 0.2) is 0 Å². The van der Waals surface area contributed by atoms with Crippen LogP contribution in [0, 0.1) is 19.8 Å². The number of nitrogens with zero attached hydrogens (tertiary/aromatic N) is 5. The summed E-state index contributed by atoms with van der Waals surface area (Å²) in [6.45, 7) is 5.50. The van der Waals surface area contributed by atoms with Gasteiger partial charge in [0.05, 0.1) is 22.3 Å². The van der Waals surface area contributed by atoms with Crippen LogP contribution in [0.2, 0.25) is 5.02 Å². The number of amides is 1. The summed E-state index contributed by atoms with van der Waals surface area (Å²) in [7, 11) is 1.63. The predicted octanol–water partition coefficient (Wildman–Crippen LogP) is 0.817. The van der Waals surface area contributed by atoms with Crippen LogP contribution in [0.3, 0.4) is 0 Å².